The van der Waals surface area contributed by atoms with Crippen LogP contribution in [-0.4, -0.2) is 5.84 Å². The first kappa shape index (κ1) is 13.0. The average Bonchev–Trinajstić information content (AvgIpc) is 2.31. The molecule has 0 aromatic heterocycles. The summed E-state index contributed by atoms with van der Waals surface area (Å²) in [6.45, 7) is 2.05. The van der Waals surface area contributed by atoms with Gasteiger partial charge < -0.3 is 5.73 Å². The van der Waals surface area contributed by atoms with Gasteiger partial charge in [0.15, 0.2) is 0 Å². The van der Waals surface area contributed by atoms with Crippen LogP contribution in [0.1, 0.15) is 11.1 Å². The number of hydrogen-bond acceptors (Lipinski definition) is 2. The average molecular weight is 277 g/mol. The van der Waals surface area contributed by atoms with Crippen LogP contribution in [0.25, 0.3) is 0 Å². The Morgan fingerprint density at radius 3 is 2.67 bits per heavy atom. The second kappa shape index (κ2) is 5.46. The molecule has 2 aromatic carbocycles. The Hall–Kier alpha value is -1.45. The van der Waals surface area contributed by atoms with Crippen molar-refractivity contribution in [2.45, 2.75) is 16.7 Å². The zero-order chi connectivity index (χ0) is 13.1. The number of halogens is 1. The highest BCUT2D eigenvalue weighted by Gasteiger charge is 2.08. The Bertz CT molecular complexity index is 596. The fourth-order valence-corrected chi connectivity index (χ4v) is 2.84. The summed E-state index contributed by atoms with van der Waals surface area (Å²) < 4.78 is 0. The predicted octanol–water partition coefficient (Wildman–Crippen LogP) is 4.08. The van der Waals surface area contributed by atoms with E-state index in [0.29, 0.717) is 10.6 Å². The van der Waals surface area contributed by atoms with Crippen molar-refractivity contribution in [3.63, 3.8) is 0 Å². The Morgan fingerprint density at radius 2 is 2.00 bits per heavy atom. The Labute approximate surface area is 116 Å². The first-order chi connectivity index (χ1) is 8.56. The smallest absolute Gasteiger partial charge is 0.123 e. The molecule has 0 amide bonds. The van der Waals surface area contributed by atoms with E-state index in [0.717, 1.165) is 9.79 Å². The number of benzene rings is 2. The molecule has 2 nitrogen and oxygen atoms in total. The molecule has 0 bridgehead atoms. The largest absolute Gasteiger partial charge is 0.384 e. The molecule has 0 atom stereocenters. The molecule has 0 spiro atoms. The maximum absolute atomic E-state index is 7.59. The predicted molar refractivity (Wildman–Crippen MR) is 77.8 cm³/mol. The van der Waals surface area contributed by atoms with E-state index in [-0.39, 0.29) is 5.84 Å². The van der Waals surface area contributed by atoms with E-state index >= 15 is 0 Å². The van der Waals surface area contributed by atoms with Gasteiger partial charge in [0.25, 0.3) is 0 Å². The third-order valence-electron chi connectivity index (χ3n) is 2.45. The number of nitrogen functional groups attached to an aromatic ring is 1. The van der Waals surface area contributed by atoms with E-state index in [1.54, 1.807) is 17.8 Å². The first-order valence-electron chi connectivity index (χ1n) is 5.45. The first-order valence-corrected chi connectivity index (χ1v) is 6.64. The van der Waals surface area contributed by atoms with Gasteiger partial charge in [-0.05, 0) is 37.3 Å². The van der Waals surface area contributed by atoms with E-state index in [9.17, 15) is 0 Å². The van der Waals surface area contributed by atoms with Crippen LogP contribution in [0.2, 0.25) is 5.02 Å². The van der Waals surface area contributed by atoms with Crippen LogP contribution in [0.4, 0.5) is 0 Å². The van der Waals surface area contributed by atoms with Crippen molar-refractivity contribution < 1.29 is 0 Å². The highest BCUT2D eigenvalue weighted by molar-refractivity contribution is 7.99. The van der Waals surface area contributed by atoms with Crippen LogP contribution < -0.4 is 5.73 Å². The van der Waals surface area contributed by atoms with Gasteiger partial charge >= 0.3 is 0 Å². The standard InChI is InChI=1S/C14H13ClN2S/c1-9-3-2-4-11(7-9)18-13-6-5-10(15)8-12(13)14(16)17/h2-8H,1H3,(H3,16,17). The highest BCUT2D eigenvalue weighted by Crippen LogP contribution is 2.32. The normalized spacial score (nSPS) is 10.3. The second-order valence-electron chi connectivity index (χ2n) is 3.97. The van der Waals surface area contributed by atoms with Gasteiger partial charge in [0, 0.05) is 20.4 Å². The molecule has 0 radical (unpaired) electrons. The van der Waals surface area contributed by atoms with Crippen molar-refractivity contribution >= 4 is 29.2 Å². The topological polar surface area (TPSA) is 49.9 Å². The number of aryl methyl sites for hydroxylation is 1. The van der Waals surface area contributed by atoms with Crippen LogP contribution in [-0.2, 0) is 0 Å². The third-order valence-corrected chi connectivity index (χ3v) is 3.75. The van der Waals surface area contributed by atoms with E-state index in [1.807, 2.05) is 24.3 Å². The van der Waals surface area contributed by atoms with Crippen molar-refractivity contribution in [1.82, 2.24) is 0 Å². The number of nitrogens with two attached hydrogens (primary N) is 1. The summed E-state index contributed by atoms with van der Waals surface area (Å²) in [7, 11) is 0. The summed E-state index contributed by atoms with van der Waals surface area (Å²) in [4.78, 5) is 2.07. The minimum Gasteiger partial charge on any atom is -0.384 e. The maximum Gasteiger partial charge on any atom is 0.123 e. The molecular formula is C14H13ClN2S. The lowest BCUT2D eigenvalue weighted by molar-refractivity contribution is 1.32. The van der Waals surface area contributed by atoms with Crippen LogP contribution in [0, 0.1) is 12.3 Å². The monoisotopic (exact) mass is 276 g/mol. The van der Waals surface area contributed by atoms with Gasteiger partial charge in [-0.25, -0.2) is 0 Å². The molecule has 2 aromatic rings. The molecule has 2 rings (SSSR count). The lowest BCUT2D eigenvalue weighted by atomic mass is 10.2. The van der Waals surface area contributed by atoms with Gasteiger partial charge in [0.2, 0.25) is 0 Å². The zero-order valence-electron chi connectivity index (χ0n) is 9.91. The van der Waals surface area contributed by atoms with Crippen molar-refractivity contribution in [2.75, 3.05) is 0 Å². The van der Waals surface area contributed by atoms with E-state index in [4.69, 9.17) is 22.7 Å². The summed E-state index contributed by atoms with van der Waals surface area (Å²) in [6, 6.07) is 13.6. The molecule has 0 heterocycles. The summed E-state index contributed by atoms with van der Waals surface area (Å²) in [6.07, 6.45) is 0. The Morgan fingerprint density at radius 1 is 1.22 bits per heavy atom. The van der Waals surface area contributed by atoms with Crippen molar-refractivity contribution in [2.24, 2.45) is 5.73 Å². The van der Waals surface area contributed by atoms with Crippen LogP contribution in [0.15, 0.2) is 52.3 Å². The van der Waals surface area contributed by atoms with Gasteiger partial charge in [0.05, 0.1) is 0 Å². The van der Waals surface area contributed by atoms with Crippen molar-refractivity contribution in [3.05, 3.63) is 58.6 Å². The molecule has 92 valence electrons. The van der Waals surface area contributed by atoms with Crippen LogP contribution >= 0.6 is 23.4 Å². The molecule has 0 aliphatic carbocycles. The van der Waals surface area contributed by atoms with Crippen LogP contribution in [0.3, 0.4) is 0 Å². The summed E-state index contributed by atoms with van der Waals surface area (Å²) in [5, 5.41) is 8.18. The van der Waals surface area contributed by atoms with Crippen LogP contribution in [0.5, 0.6) is 0 Å². The number of hydrogen-bond donors (Lipinski definition) is 2. The van der Waals surface area contributed by atoms with Gasteiger partial charge in [-0.15, -0.1) is 0 Å². The van der Waals surface area contributed by atoms with E-state index < -0.39 is 0 Å². The van der Waals surface area contributed by atoms with Crippen molar-refractivity contribution in [1.29, 1.82) is 5.41 Å². The van der Waals surface area contributed by atoms with Gasteiger partial charge in [-0.2, -0.15) is 0 Å². The Balaban J connectivity index is 2.37. The van der Waals surface area contributed by atoms with E-state index in [1.165, 1.54) is 5.56 Å². The zero-order valence-corrected chi connectivity index (χ0v) is 11.5. The Kier molecular flexibility index (Phi) is 3.94. The fraction of sp³-hybridized carbons (Fsp3) is 0.0714. The molecule has 3 N–H and O–H groups in total. The number of rotatable bonds is 3. The maximum atomic E-state index is 7.59. The molecule has 0 aliphatic heterocycles. The van der Waals surface area contributed by atoms with E-state index in [2.05, 4.69) is 19.1 Å². The van der Waals surface area contributed by atoms with Gasteiger partial charge in [-0.3, -0.25) is 5.41 Å². The molecule has 0 unspecified atom stereocenters. The SMILES string of the molecule is Cc1cccc(Sc2ccc(Cl)cc2C(=N)N)c1. The fourth-order valence-electron chi connectivity index (χ4n) is 1.61. The molecule has 0 aliphatic rings. The summed E-state index contributed by atoms with van der Waals surface area (Å²) in [5.41, 5.74) is 7.46. The molecule has 0 saturated carbocycles. The minimum atomic E-state index is 0.0349. The molecule has 0 fully saturated rings. The number of nitrogens with one attached hydrogen (secondary N) is 1. The minimum absolute atomic E-state index is 0.0349. The molecule has 18 heavy (non-hydrogen) atoms. The van der Waals surface area contributed by atoms with Gasteiger partial charge in [0.1, 0.15) is 5.84 Å². The lowest BCUT2D eigenvalue weighted by Gasteiger charge is -2.08. The third kappa shape index (κ3) is 3.06. The lowest BCUT2D eigenvalue weighted by Crippen LogP contribution is -2.12. The van der Waals surface area contributed by atoms with Crippen molar-refractivity contribution in [3.8, 4) is 0 Å². The molecular weight excluding hydrogens is 264 g/mol. The number of amidine groups is 1. The van der Waals surface area contributed by atoms with Gasteiger partial charge in [-0.1, -0.05) is 41.1 Å². The molecule has 0 saturated heterocycles. The second-order valence-corrected chi connectivity index (χ2v) is 5.52. The summed E-state index contributed by atoms with van der Waals surface area (Å²) >= 11 is 7.51. The molecule has 4 heteroatoms. The highest BCUT2D eigenvalue weighted by atomic mass is 35.5. The quantitative estimate of drug-likeness (QED) is 0.655. The summed E-state index contributed by atoms with van der Waals surface area (Å²) in [5.74, 6) is 0.0349.